The number of ether oxygens (including phenoxy) is 1. The van der Waals surface area contributed by atoms with Crippen LogP contribution < -0.4 is 15.4 Å². The number of hydrogen-bond donors (Lipinski definition) is 2. The first-order valence-electron chi connectivity index (χ1n) is 7.02. The Morgan fingerprint density at radius 1 is 1.52 bits per heavy atom. The quantitative estimate of drug-likeness (QED) is 0.833. The van der Waals surface area contributed by atoms with Crippen LogP contribution in [0.5, 0.6) is 5.88 Å². The Kier molecular flexibility index (Phi) is 3.54. The van der Waals surface area contributed by atoms with Crippen molar-refractivity contribution in [3.63, 3.8) is 0 Å². The average Bonchev–Trinajstić information content (AvgIpc) is 2.48. The molecule has 21 heavy (non-hydrogen) atoms. The molecule has 1 amide bonds. The van der Waals surface area contributed by atoms with E-state index in [4.69, 9.17) is 10.5 Å². The Morgan fingerprint density at radius 3 is 2.90 bits per heavy atom. The predicted octanol–water partition coefficient (Wildman–Crippen LogP) is 0.578. The van der Waals surface area contributed by atoms with Gasteiger partial charge in [0.2, 0.25) is 5.88 Å². The molecule has 3 rings (SSSR count). The van der Waals surface area contributed by atoms with Gasteiger partial charge in [0.1, 0.15) is 11.5 Å². The molecule has 3 N–H and O–H groups in total. The van der Waals surface area contributed by atoms with Crippen LogP contribution in [0.1, 0.15) is 25.7 Å². The van der Waals surface area contributed by atoms with Crippen LogP contribution in [0, 0.1) is 5.82 Å². The van der Waals surface area contributed by atoms with Gasteiger partial charge in [-0.15, -0.1) is 0 Å². The van der Waals surface area contributed by atoms with E-state index in [9.17, 15) is 14.3 Å². The van der Waals surface area contributed by atoms with Crippen molar-refractivity contribution in [2.75, 3.05) is 18.1 Å². The van der Waals surface area contributed by atoms with E-state index in [1.165, 1.54) is 6.07 Å². The SMILES string of the molecule is N[C@]1(CO)CC[C@H](N2C(=O)COc3ncc(F)cc32)CC1. The van der Waals surface area contributed by atoms with E-state index >= 15 is 0 Å². The van der Waals surface area contributed by atoms with Gasteiger partial charge in [-0.1, -0.05) is 0 Å². The van der Waals surface area contributed by atoms with Crippen molar-refractivity contribution in [2.24, 2.45) is 5.73 Å². The Bertz CT molecular complexity index is 558. The van der Waals surface area contributed by atoms with Crippen molar-refractivity contribution in [3.8, 4) is 5.88 Å². The third-order valence-corrected chi connectivity index (χ3v) is 4.29. The molecule has 1 aliphatic heterocycles. The standard InChI is InChI=1S/C14H18FN3O3/c15-9-5-11-13(17-6-9)21-7-12(20)18(11)10-1-3-14(16,8-19)4-2-10/h5-6,10,19H,1-4,7-8,16H2/t10-,14+. The molecule has 0 spiro atoms. The van der Waals surface area contributed by atoms with E-state index in [2.05, 4.69) is 4.98 Å². The van der Waals surface area contributed by atoms with Gasteiger partial charge in [0.25, 0.3) is 5.91 Å². The number of amides is 1. The number of aromatic nitrogens is 1. The summed E-state index contributed by atoms with van der Waals surface area (Å²) in [4.78, 5) is 17.6. The molecule has 2 heterocycles. The molecule has 1 saturated carbocycles. The largest absolute Gasteiger partial charge is 0.466 e. The van der Waals surface area contributed by atoms with E-state index < -0.39 is 11.4 Å². The van der Waals surface area contributed by atoms with Crippen LogP contribution in [-0.2, 0) is 4.79 Å². The van der Waals surface area contributed by atoms with Crippen LogP contribution in [0.2, 0.25) is 0 Å². The highest BCUT2D eigenvalue weighted by molar-refractivity contribution is 5.97. The Morgan fingerprint density at radius 2 is 2.24 bits per heavy atom. The van der Waals surface area contributed by atoms with Crippen LogP contribution in [0.15, 0.2) is 12.3 Å². The van der Waals surface area contributed by atoms with Crippen LogP contribution in [-0.4, -0.2) is 40.8 Å². The third kappa shape index (κ3) is 2.58. The average molecular weight is 295 g/mol. The molecule has 6 nitrogen and oxygen atoms in total. The van der Waals surface area contributed by atoms with E-state index in [1.807, 2.05) is 0 Å². The summed E-state index contributed by atoms with van der Waals surface area (Å²) in [6.45, 7) is -0.153. The molecule has 2 aliphatic rings. The van der Waals surface area contributed by atoms with E-state index in [-0.39, 0.29) is 31.0 Å². The van der Waals surface area contributed by atoms with Crippen LogP contribution >= 0.6 is 0 Å². The fraction of sp³-hybridized carbons (Fsp3) is 0.571. The van der Waals surface area contributed by atoms with Gasteiger partial charge in [0.05, 0.1) is 12.8 Å². The van der Waals surface area contributed by atoms with Crippen molar-refractivity contribution in [1.29, 1.82) is 0 Å². The van der Waals surface area contributed by atoms with Gasteiger partial charge in [-0.3, -0.25) is 4.79 Å². The third-order valence-electron chi connectivity index (χ3n) is 4.29. The zero-order valence-electron chi connectivity index (χ0n) is 11.6. The highest BCUT2D eigenvalue weighted by Gasteiger charge is 2.38. The zero-order chi connectivity index (χ0) is 15.0. The molecule has 114 valence electrons. The summed E-state index contributed by atoms with van der Waals surface area (Å²) in [6.07, 6.45) is 3.65. The number of rotatable bonds is 2. The van der Waals surface area contributed by atoms with Gasteiger partial charge in [-0.25, -0.2) is 9.37 Å². The number of hydrogen-bond acceptors (Lipinski definition) is 5. The lowest BCUT2D eigenvalue weighted by Crippen LogP contribution is -2.53. The van der Waals surface area contributed by atoms with Crippen molar-refractivity contribution in [2.45, 2.75) is 37.3 Å². The van der Waals surface area contributed by atoms with Crippen LogP contribution in [0.25, 0.3) is 0 Å². The first-order chi connectivity index (χ1) is 10.0. The highest BCUT2D eigenvalue weighted by atomic mass is 19.1. The van der Waals surface area contributed by atoms with Gasteiger partial charge in [-0.2, -0.15) is 0 Å². The lowest BCUT2D eigenvalue weighted by atomic mass is 9.80. The predicted molar refractivity (Wildman–Crippen MR) is 73.4 cm³/mol. The number of nitrogens with zero attached hydrogens (tertiary/aromatic N) is 2. The number of aliphatic hydroxyl groups excluding tert-OH is 1. The second-order valence-electron chi connectivity index (χ2n) is 5.78. The maximum Gasteiger partial charge on any atom is 0.265 e. The fourth-order valence-corrected chi connectivity index (χ4v) is 3.03. The van der Waals surface area contributed by atoms with Gasteiger partial charge in [0.15, 0.2) is 6.61 Å². The summed E-state index contributed by atoms with van der Waals surface area (Å²) in [5, 5.41) is 9.31. The minimum atomic E-state index is -0.575. The summed E-state index contributed by atoms with van der Waals surface area (Å²) in [6, 6.07) is 1.21. The monoisotopic (exact) mass is 295 g/mol. The summed E-state index contributed by atoms with van der Waals surface area (Å²) in [5.74, 6) is -0.424. The smallest absolute Gasteiger partial charge is 0.265 e. The molecule has 7 heteroatoms. The molecule has 0 radical (unpaired) electrons. The minimum Gasteiger partial charge on any atom is -0.466 e. The topological polar surface area (TPSA) is 88.7 Å². The summed E-state index contributed by atoms with van der Waals surface area (Å²) in [5.41, 5.74) is 5.86. The summed E-state index contributed by atoms with van der Waals surface area (Å²) in [7, 11) is 0. The first-order valence-corrected chi connectivity index (χ1v) is 7.02. The minimum absolute atomic E-state index is 0.0630. The number of aliphatic hydroxyl groups is 1. The molecule has 0 aromatic carbocycles. The van der Waals surface area contributed by atoms with Gasteiger partial charge in [-0.05, 0) is 25.7 Å². The number of carbonyl (C=O) groups excluding carboxylic acids is 1. The second-order valence-corrected chi connectivity index (χ2v) is 5.78. The molecule has 0 bridgehead atoms. The fourth-order valence-electron chi connectivity index (χ4n) is 3.03. The molecule has 0 saturated heterocycles. The van der Waals surface area contributed by atoms with Crippen molar-refractivity contribution < 1.29 is 19.0 Å². The number of nitrogens with two attached hydrogens (primary N) is 1. The number of pyridine rings is 1. The molecule has 0 atom stereocenters. The number of halogens is 1. The Balaban J connectivity index is 1.86. The van der Waals surface area contributed by atoms with Crippen molar-refractivity contribution in [1.82, 2.24) is 4.98 Å². The maximum atomic E-state index is 13.4. The molecule has 0 unspecified atom stereocenters. The Hall–Kier alpha value is -1.73. The van der Waals surface area contributed by atoms with Gasteiger partial charge >= 0.3 is 0 Å². The normalized spacial score (nSPS) is 29.0. The zero-order valence-corrected chi connectivity index (χ0v) is 11.6. The van der Waals surface area contributed by atoms with Gasteiger partial charge < -0.3 is 20.5 Å². The second kappa shape index (κ2) is 5.23. The first kappa shape index (κ1) is 14.2. The van der Waals surface area contributed by atoms with E-state index in [1.54, 1.807) is 4.90 Å². The molecular formula is C14H18FN3O3. The Labute approximate surface area is 121 Å². The van der Waals surface area contributed by atoms with Crippen molar-refractivity contribution in [3.05, 3.63) is 18.1 Å². The molecule has 1 aromatic heterocycles. The van der Waals surface area contributed by atoms with Crippen LogP contribution in [0.4, 0.5) is 10.1 Å². The molecule has 1 aromatic rings. The number of carbonyl (C=O) groups is 1. The lowest BCUT2D eigenvalue weighted by molar-refractivity contribution is -0.122. The molecule has 1 aliphatic carbocycles. The summed E-state index contributed by atoms with van der Waals surface area (Å²) < 4.78 is 18.7. The van der Waals surface area contributed by atoms with E-state index in [0.29, 0.717) is 31.4 Å². The lowest BCUT2D eigenvalue weighted by Gasteiger charge is -2.42. The van der Waals surface area contributed by atoms with Gasteiger partial charge in [0, 0.05) is 17.6 Å². The van der Waals surface area contributed by atoms with E-state index in [0.717, 1.165) is 6.20 Å². The van der Waals surface area contributed by atoms with Crippen molar-refractivity contribution >= 4 is 11.6 Å². The van der Waals surface area contributed by atoms with Crippen LogP contribution in [0.3, 0.4) is 0 Å². The summed E-state index contributed by atoms with van der Waals surface area (Å²) >= 11 is 0. The number of anilines is 1. The number of fused-ring (bicyclic) bond motifs is 1. The molecule has 1 fully saturated rings. The molecular weight excluding hydrogens is 277 g/mol. The maximum absolute atomic E-state index is 13.4. The highest BCUT2D eigenvalue weighted by Crippen LogP contribution is 2.37.